The number of ketones is 2. The van der Waals surface area contributed by atoms with Crippen LogP contribution in [0.4, 0.5) is 0 Å². The van der Waals surface area contributed by atoms with Crippen molar-refractivity contribution in [2.45, 2.75) is 72.0 Å². The average molecular weight is 360 g/mol. The maximum Gasteiger partial charge on any atom is 0.286 e. The molecule has 0 aromatic carbocycles. The number of fused-ring (bicyclic) bond motifs is 3. The Morgan fingerprint density at radius 1 is 1.12 bits per heavy atom. The number of aliphatic hydroxyl groups is 1. The number of carbonyl (C=O) groups is 2. The first-order valence-electron chi connectivity index (χ1n) is 9.57. The van der Waals surface area contributed by atoms with E-state index in [0.717, 1.165) is 12.8 Å². The highest BCUT2D eigenvalue weighted by Gasteiger charge is 2.65. The molecule has 0 saturated heterocycles. The molecule has 1 fully saturated rings. The van der Waals surface area contributed by atoms with Gasteiger partial charge in [0, 0.05) is 17.8 Å². The summed E-state index contributed by atoms with van der Waals surface area (Å²) in [5.41, 5.74) is -1.06. The quantitative estimate of drug-likeness (QED) is 0.710. The third-order valence-corrected chi connectivity index (χ3v) is 7.34. The number of ether oxygens (including phenoxy) is 2. The zero-order valence-corrected chi connectivity index (χ0v) is 16.2. The molecule has 142 valence electrons. The van der Waals surface area contributed by atoms with Gasteiger partial charge < -0.3 is 14.6 Å². The Morgan fingerprint density at radius 3 is 2.50 bits per heavy atom. The molecule has 0 unspecified atom stereocenters. The molecule has 0 spiro atoms. The highest BCUT2D eigenvalue weighted by atomic mass is 16.7. The second-order valence-electron chi connectivity index (χ2n) is 9.55. The van der Waals surface area contributed by atoms with E-state index in [1.54, 1.807) is 6.08 Å². The van der Waals surface area contributed by atoms with Crippen molar-refractivity contribution < 1.29 is 24.2 Å². The minimum atomic E-state index is -0.767. The van der Waals surface area contributed by atoms with Crippen LogP contribution >= 0.6 is 0 Å². The van der Waals surface area contributed by atoms with Gasteiger partial charge in [-0.25, -0.2) is 0 Å². The molecule has 0 aromatic rings. The minimum Gasteiger partial charge on any atom is -0.505 e. The Morgan fingerprint density at radius 2 is 1.81 bits per heavy atom. The van der Waals surface area contributed by atoms with Crippen molar-refractivity contribution in [1.82, 2.24) is 0 Å². The van der Waals surface area contributed by atoms with Gasteiger partial charge in [0.15, 0.2) is 11.5 Å². The summed E-state index contributed by atoms with van der Waals surface area (Å²) in [6.07, 6.45) is 3.96. The number of hydrogen-bond acceptors (Lipinski definition) is 5. The SMILES string of the molecule is C[C@@H]1CC(=O)C2=C(O1)O[C@]1(C)CC[C@@H]3C(C)(C)C=C(O)C(=O)[C@@]3(C)[C@@H]1C2. The number of allylic oxidation sites excluding steroid dienone is 3. The van der Waals surface area contributed by atoms with E-state index in [-0.39, 0.29) is 40.7 Å². The summed E-state index contributed by atoms with van der Waals surface area (Å²) >= 11 is 0. The lowest BCUT2D eigenvalue weighted by Gasteiger charge is -2.60. The van der Waals surface area contributed by atoms with Crippen LogP contribution in [0.25, 0.3) is 0 Å². The Labute approximate surface area is 154 Å². The van der Waals surface area contributed by atoms with Crippen LogP contribution in [0.15, 0.2) is 23.4 Å². The molecular formula is C21H28O5. The van der Waals surface area contributed by atoms with Crippen LogP contribution in [0.5, 0.6) is 0 Å². The van der Waals surface area contributed by atoms with Crippen LogP contribution in [-0.4, -0.2) is 28.4 Å². The van der Waals surface area contributed by atoms with E-state index in [9.17, 15) is 14.7 Å². The predicted molar refractivity (Wildman–Crippen MR) is 95.1 cm³/mol. The fourth-order valence-electron chi connectivity index (χ4n) is 6.08. The largest absolute Gasteiger partial charge is 0.505 e. The first-order chi connectivity index (χ1) is 12.0. The van der Waals surface area contributed by atoms with Gasteiger partial charge >= 0.3 is 0 Å². The second-order valence-corrected chi connectivity index (χ2v) is 9.55. The lowest BCUT2D eigenvalue weighted by Crippen LogP contribution is -2.63. The van der Waals surface area contributed by atoms with E-state index in [1.807, 2.05) is 20.8 Å². The summed E-state index contributed by atoms with van der Waals surface area (Å²) in [7, 11) is 0. The van der Waals surface area contributed by atoms with Gasteiger partial charge in [0.2, 0.25) is 5.78 Å². The van der Waals surface area contributed by atoms with Crippen molar-refractivity contribution >= 4 is 11.6 Å². The molecular weight excluding hydrogens is 332 g/mol. The predicted octanol–water partition coefficient (Wildman–Crippen LogP) is 3.84. The van der Waals surface area contributed by atoms with Crippen molar-refractivity contribution in [2.24, 2.45) is 22.7 Å². The molecule has 0 bridgehead atoms. The molecule has 2 aliphatic carbocycles. The van der Waals surface area contributed by atoms with Crippen LogP contribution in [0.3, 0.4) is 0 Å². The lowest BCUT2D eigenvalue weighted by molar-refractivity contribution is -0.203. The molecule has 2 heterocycles. The van der Waals surface area contributed by atoms with Gasteiger partial charge in [-0.2, -0.15) is 0 Å². The summed E-state index contributed by atoms with van der Waals surface area (Å²) < 4.78 is 12.1. The first-order valence-corrected chi connectivity index (χ1v) is 9.57. The lowest BCUT2D eigenvalue weighted by atomic mass is 9.45. The van der Waals surface area contributed by atoms with E-state index in [0.29, 0.717) is 24.4 Å². The van der Waals surface area contributed by atoms with Crippen molar-refractivity contribution in [1.29, 1.82) is 0 Å². The molecule has 0 amide bonds. The standard InChI is InChI=1S/C21H28O5/c1-11-8-13(22)12-9-16-20(4,26-18(12)25-11)7-6-15-19(2,3)10-14(23)17(24)21(15,16)5/h10-11,15-16,23H,6-9H2,1-5H3/t11-,15-,16-,20-,21-/m1/s1. The summed E-state index contributed by atoms with van der Waals surface area (Å²) in [5.74, 6) is -0.0388. The van der Waals surface area contributed by atoms with Crippen LogP contribution in [-0.2, 0) is 19.1 Å². The molecule has 0 aromatic heterocycles. The third kappa shape index (κ3) is 2.15. The maximum atomic E-state index is 13.2. The highest BCUT2D eigenvalue weighted by molar-refractivity contribution is 6.00. The minimum absolute atomic E-state index is 0.0498. The highest BCUT2D eigenvalue weighted by Crippen LogP contribution is 2.63. The number of aliphatic hydroxyl groups excluding tert-OH is 1. The zero-order valence-electron chi connectivity index (χ0n) is 16.2. The van der Waals surface area contributed by atoms with E-state index in [1.165, 1.54) is 0 Å². The topological polar surface area (TPSA) is 72.8 Å². The van der Waals surface area contributed by atoms with Gasteiger partial charge in [-0.15, -0.1) is 0 Å². The van der Waals surface area contributed by atoms with Crippen LogP contribution in [0.2, 0.25) is 0 Å². The Kier molecular flexibility index (Phi) is 3.49. The third-order valence-electron chi connectivity index (χ3n) is 7.34. The van der Waals surface area contributed by atoms with E-state index >= 15 is 0 Å². The first kappa shape index (κ1) is 17.6. The normalized spacial score (nSPS) is 44.2. The van der Waals surface area contributed by atoms with E-state index < -0.39 is 11.0 Å². The number of rotatable bonds is 0. The number of hydrogen-bond donors (Lipinski definition) is 1. The van der Waals surface area contributed by atoms with Crippen LogP contribution in [0.1, 0.15) is 60.3 Å². The van der Waals surface area contributed by atoms with Gasteiger partial charge in [0.25, 0.3) is 5.95 Å². The molecule has 1 saturated carbocycles. The Bertz CT molecular complexity index is 760. The molecule has 1 N–H and O–H groups in total. The second kappa shape index (κ2) is 5.14. The Hall–Kier alpha value is -1.78. The van der Waals surface area contributed by atoms with Crippen LogP contribution < -0.4 is 0 Å². The fourth-order valence-corrected chi connectivity index (χ4v) is 6.08. The molecule has 2 aliphatic heterocycles. The summed E-state index contributed by atoms with van der Waals surface area (Å²) in [4.78, 5) is 25.7. The van der Waals surface area contributed by atoms with Gasteiger partial charge in [-0.1, -0.05) is 20.8 Å². The van der Waals surface area contributed by atoms with Gasteiger partial charge in [0.1, 0.15) is 11.7 Å². The molecule has 4 aliphatic rings. The van der Waals surface area contributed by atoms with Gasteiger partial charge in [-0.05, 0) is 50.5 Å². The molecule has 4 rings (SSSR count). The fraction of sp³-hybridized carbons (Fsp3) is 0.714. The zero-order chi connectivity index (χ0) is 19.1. The van der Waals surface area contributed by atoms with Crippen LogP contribution in [0, 0.1) is 22.7 Å². The molecule has 26 heavy (non-hydrogen) atoms. The van der Waals surface area contributed by atoms with Crippen molar-refractivity contribution in [3.63, 3.8) is 0 Å². The van der Waals surface area contributed by atoms with Crippen molar-refractivity contribution in [3.05, 3.63) is 23.4 Å². The van der Waals surface area contributed by atoms with E-state index in [4.69, 9.17) is 9.47 Å². The van der Waals surface area contributed by atoms with Gasteiger partial charge in [-0.3, -0.25) is 9.59 Å². The summed E-state index contributed by atoms with van der Waals surface area (Å²) in [6, 6.07) is 0. The van der Waals surface area contributed by atoms with Crippen molar-refractivity contribution in [2.75, 3.05) is 0 Å². The molecule has 5 nitrogen and oxygen atoms in total. The molecule has 5 heteroatoms. The van der Waals surface area contributed by atoms with Gasteiger partial charge in [0.05, 0.1) is 5.57 Å². The summed E-state index contributed by atoms with van der Waals surface area (Å²) in [6.45, 7) is 10.00. The smallest absolute Gasteiger partial charge is 0.286 e. The summed E-state index contributed by atoms with van der Waals surface area (Å²) in [5, 5.41) is 10.4. The average Bonchev–Trinajstić information content (AvgIpc) is 2.50. The number of carbonyl (C=O) groups excluding carboxylic acids is 2. The Balaban J connectivity index is 1.83. The monoisotopic (exact) mass is 360 g/mol. The maximum absolute atomic E-state index is 13.2. The van der Waals surface area contributed by atoms with E-state index in [2.05, 4.69) is 13.8 Å². The van der Waals surface area contributed by atoms with Crippen molar-refractivity contribution in [3.8, 4) is 0 Å². The molecule has 0 radical (unpaired) electrons. The number of Topliss-reactive ketones (excluding diaryl/α,β-unsaturated/α-hetero) is 2. The molecule has 5 atom stereocenters.